The fourth-order valence-electron chi connectivity index (χ4n) is 1.47. The molecule has 1 rings (SSSR count). The third-order valence-corrected chi connectivity index (χ3v) is 4.76. The van der Waals surface area contributed by atoms with E-state index in [9.17, 15) is 19.5 Å². The highest BCUT2D eigenvalue weighted by atomic mass is 28.4. The van der Waals surface area contributed by atoms with Gasteiger partial charge in [0.2, 0.25) is 0 Å². The van der Waals surface area contributed by atoms with Crippen molar-refractivity contribution in [2.75, 3.05) is 0 Å². The predicted octanol–water partition coefficient (Wildman–Crippen LogP) is 0.227. The summed E-state index contributed by atoms with van der Waals surface area (Å²) >= 11 is 0. The highest BCUT2D eigenvalue weighted by Crippen LogP contribution is 2.14. The molecule has 0 atom stereocenters. The minimum atomic E-state index is -4.04. The van der Waals surface area contributed by atoms with Crippen molar-refractivity contribution < 1.29 is 32.8 Å². The second-order valence-electron chi connectivity index (χ2n) is 3.88. The van der Waals surface area contributed by atoms with Crippen molar-refractivity contribution in [2.45, 2.75) is 20.8 Å². The molecule has 0 heterocycles. The Hall–Kier alpha value is -2.35. The van der Waals surface area contributed by atoms with Crippen molar-refractivity contribution in [3.05, 3.63) is 24.3 Å². The molecule has 0 aliphatic carbocycles. The highest BCUT2D eigenvalue weighted by Gasteiger charge is 2.54. The molecule has 1 aromatic rings. The van der Waals surface area contributed by atoms with Crippen LogP contribution in [-0.4, -0.2) is 31.8 Å². The Balaban J connectivity index is 3.32. The molecule has 0 aliphatic heterocycles. The van der Waals surface area contributed by atoms with Crippen molar-refractivity contribution in [3.63, 3.8) is 0 Å². The molecule has 0 saturated carbocycles. The quantitative estimate of drug-likeness (QED) is 0.794. The second-order valence-corrected chi connectivity index (χ2v) is 6.19. The van der Waals surface area contributed by atoms with E-state index in [4.69, 9.17) is 13.3 Å². The van der Waals surface area contributed by atoms with Crippen molar-refractivity contribution in [3.8, 4) is 5.75 Å². The Bertz CT molecular complexity index is 482. The zero-order chi connectivity index (χ0) is 15.3. The van der Waals surface area contributed by atoms with E-state index in [1.54, 1.807) is 0 Å². The van der Waals surface area contributed by atoms with Gasteiger partial charge in [-0.3, -0.25) is 14.4 Å². The summed E-state index contributed by atoms with van der Waals surface area (Å²) in [7, 11) is -4.04. The normalized spacial score (nSPS) is 10.6. The molecule has 1 aromatic carbocycles. The summed E-state index contributed by atoms with van der Waals surface area (Å²) < 4.78 is 15.1. The smallest absolute Gasteiger partial charge is 0.508 e. The first-order valence-electron chi connectivity index (χ1n) is 5.63. The maximum atomic E-state index is 11.2. The maximum absolute atomic E-state index is 11.2. The SMILES string of the molecule is CC(=O)O[Si](OC(C)=O)(OC(C)=O)c1ccc(O)cc1. The van der Waals surface area contributed by atoms with Gasteiger partial charge >= 0.3 is 8.80 Å². The van der Waals surface area contributed by atoms with Gasteiger partial charge in [-0.15, -0.1) is 0 Å². The van der Waals surface area contributed by atoms with Gasteiger partial charge < -0.3 is 18.4 Å². The zero-order valence-electron chi connectivity index (χ0n) is 11.2. The van der Waals surface area contributed by atoms with E-state index in [0.29, 0.717) is 0 Å². The lowest BCUT2D eigenvalue weighted by molar-refractivity contribution is -0.146. The topological polar surface area (TPSA) is 99.1 Å². The molecule has 0 radical (unpaired) electrons. The van der Waals surface area contributed by atoms with E-state index in [1.165, 1.54) is 24.3 Å². The van der Waals surface area contributed by atoms with Crippen LogP contribution in [-0.2, 0) is 27.7 Å². The first-order chi connectivity index (χ1) is 9.25. The molecule has 0 fully saturated rings. The largest absolute Gasteiger partial charge is 0.742 e. The van der Waals surface area contributed by atoms with Gasteiger partial charge in [0, 0.05) is 20.8 Å². The van der Waals surface area contributed by atoms with E-state index in [0.717, 1.165) is 20.8 Å². The van der Waals surface area contributed by atoms with Crippen molar-refractivity contribution in [1.82, 2.24) is 0 Å². The number of rotatable bonds is 4. The average Bonchev–Trinajstić information content (AvgIpc) is 2.26. The van der Waals surface area contributed by atoms with E-state index in [-0.39, 0.29) is 10.9 Å². The lowest BCUT2D eigenvalue weighted by atomic mass is 10.3. The van der Waals surface area contributed by atoms with Crippen LogP contribution in [0.4, 0.5) is 0 Å². The number of benzene rings is 1. The molecular weight excluding hydrogens is 284 g/mol. The van der Waals surface area contributed by atoms with Gasteiger partial charge in [-0.1, -0.05) is 0 Å². The summed E-state index contributed by atoms with van der Waals surface area (Å²) in [5.74, 6) is -2.31. The van der Waals surface area contributed by atoms with Crippen LogP contribution in [0.1, 0.15) is 20.8 Å². The number of phenolic OH excluding ortho intramolecular Hbond substituents is 1. The summed E-state index contributed by atoms with van der Waals surface area (Å²) in [4.78, 5) is 33.7. The van der Waals surface area contributed by atoms with Crippen LogP contribution in [0, 0.1) is 0 Å². The number of carbonyl (C=O) groups is 3. The summed E-state index contributed by atoms with van der Waals surface area (Å²) in [6, 6.07) is 5.31. The lowest BCUT2D eigenvalue weighted by Gasteiger charge is -2.26. The first-order valence-corrected chi connectivity index (χ1v) is 7.36. The Morgan fingerprint density at radius 1 is 0.850 bits per heavy atom. The number of hydrogen-bond acceptors (Lipinski definition) is 7. The van der Waals surface area contributed by atoms with E-state index >= 15 is 0 Å². The molecule has 0 unspecified atom stereocenters. The van der Waals surface area contributed by atoms with Crippen LogP contribution >= 0.6 is 0 Å². The van der Waals surface area contributed by atoms with Crippen LogP contribution in [0.15, 0.2) is 24.3 Å². The Labute approximate surface area is 116 Å². The third kappa shape index (κ3) is 4.09. The Morgan fingerprint density at radius 2 is 1.20 bits per heavy atom. The summed E-state index contributed by atoms with van der Waals surface area (Å²) in [5.41, 5.74) is 0. The molecule has 8 heteroatoms. The van der Waals surface area contributed by atoms with Crippen LogP contribution in [0.25, 0.3) is 0 Å². The van der Waals surface area contributed by atoms with E-state index in [2.05, 4.69) is 0 Å². The number of hydrogen-bond donors (Lipinski definition) is 1. The number of aromatic hydroxyl groups is 1. The molecule has 0 saturated heterocycles. The van der Waals surface area contributed by atoms with E-state index in [1.807, 2.05) is 0 Å². The van der Waals surface area contributed by atoms with Crippen molar-refractivity contribution in [2.24, 2.45) is 0 Å². The van der Waals surface area contributed by atoms with Crippen molar-refractivity contribution >= 4 is 31.9 Å². The maximum Gasteiger partial charge on any atom is 0.742 e. The molecule has 7 nitrogen and oxygen atoms in total. The second kappa shape index (κ2) is 6.20. The molecule has 0 spiro atoms. The number of carbonyl (C=O) groups excluding carboxylic acids is 3. The standard InChI is InChI=1S/C12H14O7Si/c1-8(13)17-20(18-9(2)14,19-10(3)15)12-6-4-11(16)5-7-12/h4-7,16H,1-3H3. The fraction of sp³-hybridized carbons (Fsp3) is 0.250. The van der Waals surface area contributed by atoms with Gasteiger partial charge in [0.25, 0.3) is 17.9 Å². The monoisotopic (exact) mass is 298 g/mol. The molecule has 0 aromatic heterocycles. The van der Waals surface area contributed by atoms with Crippen LogP contribution in [0.3, 0.4) is 0 Å². The molecular formula is C12H14O7Si. The summed E-state index contributed by atoms with van der Waals surface area (Å²) in [5, 5.41) is 9.46. The van der Waals surface area contributed by atoms with Gasteiger partial charge in [0.1, 0.15) is 5.75 Å². The molecule has 20 heavy (non-hydrogen) atoms. The highest BCUT2D eigenvalue weighted by molar-refractivity contribution is 6.79. The van der Waals surface area contributed by atoms with Gasteiger partial charge in [0.05, 0.1) is 5.19 Å². The summed E-state index contributed by atoms with van der Waals surface area (Å²) in [6.45, 7) is 3.32. The fourth-order valence-corrected chi connectivity index (χ4v) is 3.66. The summed E-state index contributed by atoms with van der Waals surface area (Å²) in [6.07, 6.45) is 0. The van der Waals surface area contributed by atoms with Gasteiger partial charge in [-0.05, 0) is 24.3 Å². The van der Waals surface area contributed by atoms with Crippen LogP contribution < -0.4 is 5.19 Å². The minimum absolute atomic E-state index is 0.0369. The molecule has 0 bridgehead atoms. The van der Waals surface area contributed by atoms with E-state index < -0.39 is 26.7 Å². The number of phenols is 1. The Kier molecular flexibility index (Phi) is 4.87. The average molecular weight is 298 g/mol. The van der Waals surface area contributed by atoms with Crippen molar-refractivity contribution in [1.29, 1.82) is 0 Å². The van der Waals surface area contributed by atoms with Gasteiger partial charge in [-0.2, -0.15) is 0 Å². The molecule has 0 aliphatic rings. The first kappa shape index (κ1) is 15.7. The van der Waals surface area contributed by atoms with Crippen LogP contribution in [0.2, 0.25) is 0 Å². The Morgan fingerprint density at radius 3 is 1.50 bits per heavy atom. The van der Waals surface area contributed by atoms with Gasteiger partial charge in [-0.25, -0.2) is 0 Å². The molecule has 108 valence electrons. The van der Waals surface area contributed by atoms with Gasteiger partial charge in [0.15, 0.2) is 0 Å². The lowest BCUT2D eigenvalue weighted by Crippen LogP contribution is -2.59. The predicted molar refractivity (Wildman–Crippen MR) is 68.8 cm³/mol. The minimum Gasteiger partial charge on any atom is -0.508 e. The zero-order valence-corrected chi connectivity index (χ0v) is 12.2. The molecule has 1 N–H and O–H groups in total. The molecule has 0 amide bonds. The van der Waals surface area contributed by atoms with Crippen LogP contribution in [0.5, 0.6) is 5.75 Å². The third-order valence-electron chi connectivity index (χ3n) is 2.06.